The fourth-order valence-electron chi connectivity index (χ4n) is 3.40. The van der Waals surface area contributed by atoms with Gasteiger partial charge >= 0.3 is 0 Å². The van der Waals surface area contributed by atoms with Gasteiger partial charge in [-0.1, -0.05) is 12.0 Å². The average molecular weight is 236 g/mol. The summed E-state index contributed by atoms with van der Waals surface area (Å²) in [5.74, 6) is 0.556. The molecule has 0 amide bonds. The van der Waals surface area contributed by atoms with E-state index in [1.807, 2.05) is 11.8 Å². The molecule has 1 aliphatic heterocycles. The van der Waals surface area contributed by atoms with Gasteiger partial charge in [0, 0.05) is 6.42 Å². The van der Waals surface area contributed by atoms with Crippen LogP contribution in [0.15, 0.2) is 10.5 Å². The van der Waals surface area contributed by atoms with E-state index in [9.17, 15) is 4.79 Å². The quantitative estimate of drug-likeness (QED) is 0.626. The molecule has 1 fully saturated rings. The number of hydrogen-bond donors (Lipinski definition) is 0. The standard InChI is InChI=1S/C14H20OS/c15-13-7-3-4-9-14(13)10-8-11-5-1-2-6-12(11)16-14/h1-10H2. The highest BCUT2D eigenvalue weighted by Gasteiger charge is 2.43. The van der Waals surface area contributed by atoms with Crippen molar-refractivity contribution in [2.24, 2.45) is 0 Å². The Kier molecular flexibility index (Phi) is 2.87. The van der Waals surface area contributed by atoms with Gasteiger partial charge in [-0.2, -0.15) is 0 Å². The van der Waals surface area contributed by atoms with E-state index in [1.54, 1.807) is 10.5 Å². The van der Waals surface area contributed by atoms with Crippen LogP contribution < -0.4 is 0 Å². The number of hydrogen-bond acceptors (Lipinski definition) is 2. The highest BCUT2D eigenvalue weighted by atomic mass is 32.2. The molecule has 1 saturated carbocycles. The van der Waals surface area contributed by atoms with E-state index in [0.29, 0.717) is 5.78 Å². The third-order valence-corrected chi connectivity index (χ3v) is 6.18. The first kappa shape index (κ1) is 10.9. The normalized spacial score (nSPS) is 35.4. The van der Waals surface area contributed by atoms with Crippen molar-refractivity contribution in [3.8, 4) is 0 Å². The number of allylic oxidation sites excluding steroid dienone is 2. The largest absolute Gasteiger partial charge is 0.298 e. The molecule has 2 heteroatoms. The minimum atomic E-state index is 0.0222. The van der Waals surface area contributed by atoms with Crippen molar-refractivity contribution in [1.82, 2.24) is 0 Å². The first-order valence-electron chi connectivity index (χ1n) is 6.73. The van der Waals surface area contributed by atoms with Gasteiger partial charge in [0.25, 0.3) is 0 Å². The van der Waals surface area contributed by atoms with E-state index in [2.05, 4.69) is 0 Å². The van der Waals surface area contributed by atoms with E-state index >= 15 is 0 Å². The van der Waals surface area contributed by atoms with Crippen molar-refractivity contribution < 1.29 is 4.79 Å². The molecule has 1 nitrogen and oxygen atoms in total. The zero-order chi connectivity index (χ0) is 11.0. The Hall–Kier alpha value is -0.240. The molecular weight excluding hydrogens is 216 g/mol. The van der Waals surface area contributed by atoms with Crippen LogP contribution in [0.5, 0.6) is 0 Å². The summed E-state index contributed by atoms with van der Waals surface area (Å²) >= 11 is 1.98. The molecule has 0 aromatic carbocycles. The Morgan fingerprint density at radius 1 is 0.875 bits per heavy atom. The maximum atomic E-state index is 12.2. The molecule has 3 aliphatic rings. The van der Waals surface area contributed by atoms with Gasteiger partial charge in [-0.05, 0) is 56.3 Å². The Labute approximate surface area is 102 Å². The second-order valence-electron chi connectivity index (χ2n) is 5.46. The van der Waals surface area contributed by atoms with E-state index in [0.717, 1.165) is 25.7 Å². The molecule has 1 heterocycles. The summed E-state index contributed by atoms with van der Waals surface area (Å²) in [6.45, 7) is 0. The van der Waals surface area contributed by atoms with Crippen LogP contribution >= 0.6 is 11.8 Å². The topological polar surface area (TPSA) is 17.1 Å². The minimum absolute atomic E-state index is 0.0222. The lowest BCUT2D eigenvalue weighted by atomic mass is 9.81. The van der Waals surface area contributed by atoms with Gasteiger partial charge in [0.05, 0.1) is 4.75 Å². The van der Waals surface area contributed by atoms with Crippen molar-refractivity contribution in [1.29, 1.82) is 0 Å². The Balaban J connectivity index is 1.84. The second kappa shape index (κ2) is 4.21. The molecule has 0 N–H and O–H groups in total. The first-order valence-corrected chi connectivity index (χ1v) is 7.55. The van der Waals surface area contributed by atoms with Crippen LogP contribution in [0.1, 0.15) is 64.2 Å². The number of rotatable bonds is 0. The lowest BCUT2D eigenvalue weighted by Crippen LogP contribution is -2.40. The average Bonchev–Trinajstić information content (AvgIpc) is 2.33. The number of Topliss-reactive ketones (excluding diaryl/α,β-unsaturated/α-hetero) is 1. The molecule has 88 valence electrons. The zero-order valence-electron chi connectivity index (χ0n) is 9.89. The number of thioether (sulfide) groups is 1. The monoisotopic (exact) mass is 236 g/mol. The molecular formula is C14H20OS. The van der Waals surface area contributed by atoms with Crippen LogP contribution in [-0.2, 0) is 4.79 Å². The highest BCUT2D eigenvalue weighted by Crippen LogP contribution is 2.52. The molecule has 1 spiro atoms. The first-order chi connectivity index (χ1) is 7.80. The molecule has 0 bridgehead atoms. The molecule has 0 aromatic rings. The smallest absolute Gasteiger partial charge is 0.149 e. The molecule has 0 aromatic heterocycles. The number of carbonyl (C=O) groups excluding carboxylic acids is 1. The lowest BCUT2D eigenvalue weighted by molar-refractivity contribution is -0.123. The second-order valence-corrected chi connectivity index (χ2v) is 6.94. The fourth-order valence-corrected chi connectivity index (χ4v) is 5.14. The van der Waals surface area contributed by atoms with Gasteiger partial charge in [0.15, 0.2) is 0 Å². The Morgan fingerprint density at radius 3 is 2.56 bits per heavy atom. The lowest BCUT2D eigenvalue weighted by Gasteiger charge is -2.41. The Morgan fingerprint density at radius 2 is 1.69 bits per heavy atom. The maximum absolute atomic E-state index is 12.2. The predicted octanol–water partition coefficient (Wildman–Crippen LogP) is 4.22. The summed E-state index contributed by atoms with van der Waals surface area (Å²) in [5, 5.41) is 0. The zero-order valence-corrected chi connectivity index (χ0v) is 10.7. The number of carbonyl (C=O) groups is 1. The number of ketones is 1. The van der Waals surface area contributed by atoms with Gasteiger partial charge in [-0.25, -0.2) is 0 Å². The van der Waals surface area contributed by atoms with Gasteiger partial charge in [0.1, 0.15) is 5.78 Å². The van der Waals surface area contributed by atoms with E-state index in [4.69, 9.17) is 0 Å². The van der Waals surface area contributed by atoms with Crippen molar-refractivity contribution in [2.75, 3.05) is 0 Å². The van der Waals surface area contributed by atoms with E-state index in [1.165, 1.54) is 38.5 Å². The van der Waals surface area contributed by atoms with Crippen LogP contribution in [0.2, 0.25) is 0 Å². The highest BCUT2D eigenvalue weighted by molar-refractivity contribution is 8.05. The summed E-state index contributed by atoms with van der Waals surface area (Å²) < 4.78 is 0.0222. The van der Waals surface area contributed by atoms with Crippen LogP contribution in [-0.4, -0.2) is 10.5 Å². The van der Waals surface area contributed by atoms with Crippen molar-refractivity contribution in [3.05, 3.63) is 10.5 Å². The SMILES string of the molecule is O=C1CCCCC12CCC1=C(CCCC1)S2. The Bertz CT molecular complexity index is 345. The van der Waals surface area contributed by atoms with Gasteiger partial charge < -0.3 is 0 Å². The fraction of sp³-hybridized carbons (Fsp3) is 0.786. The summed E-state index contributed by atoms with van der Waals surface area (Å²) in [5.41, 5.74) is 1.69. The molecule has 1 unspecified atom stereocenters. The molecule has 1 atom stereocenters. The third-order valence-electron chi connectivity index (χ3n) is 4.42. The van der Waals surface area contributed by atoms with Gasteiger partial charge in [0.2, 0.25) is 0 Å². The molecule has 0 radical (unpaired) electrons. The third kappa shape index (κ3) is 1.75. The maximum Gasteiger partial charge on any atom is 0.149 e. The summed E-state index contributed by atoms with van der Waals surface area (Å²) in [7, 11) is 0. The molecule has 3 rings (SSSR count). The van der Waals surface area contributed by atoms with Crippen molar-refractivity contribution >= 4 is 17.5 Å². The van der Waals surface area contributed by atoms with Crippen LogP contribution in [0.4, 0.5) is 0 Å². The van der Waals surface area contributed by atoms with E-state index in [-0.39, 0.29) is 4.75 Å². The molecule has 2 aliphatic carbocycles. The van der Waals surface area contributed by atoms with Crippen molar-refractivity contribution in [2.45, 2.75) is 69.0 Å². The van der Waals surface area contributed by atoms with Crippen molar-refractivity contribution in [3.63, 3.8) is 0 Å². The predicted molar refractivity (Wildman–Crippen MR) is 68.5 cm³/mol. The summed E-state index contributed by atoms with van der Waals surface area (Å²) in [4.78, 5) is 13.8. The summed E-state index contributed by atoms with van der Waals surface area (Å²) in [6.07, 6.45) is 12.0. The molecule has 16 heavy (non-hydrogen) atoms. The van der Waals surface area contributed by atoms with Gasteiger partial charge in [-0.15, -0.1) is 11.8 Å². The molecule has 0 saturated heterocycles. The minimum Gasteiger partial charge on any atom is -0.298 e. The van der Waals surface area contributed by atoms with Gasteiger partial charge in [-0.3, -0.25) is 4.79 Å². The van der Waals surface area contributed by atoms with Crippen LogP contribution in [0.25, 0.3) is 0 Å². The summed E-state index contributed by atoms with van der Waals surface area (Å²) in [6, 6.07) is 0. The van der Waals surface area contributed by atoms with Crippen LogP contribution in [0, 0.1) is 0 Å². The van der Waals surface area contributed by atoms with Crippen LogP contribution in [0.3, 0.4) is 0 Å². The van der Waals surface area contributed by atoms with E-state index < -0.39 is 0 Å².